The van der Waals surface area contributed by atoms with Crippen molar-refractivity contribution in [2.45, 2.75) is 37.6 Å². The Balaban J connectivity index is 2.03. The van der Waals surface area contributed by atoms with Gasteiger partial charge in [-0.3, -0.25) is 0 Å². The van der Waals surface area contributed by atoms with E-state index in [1.807, 2.05) is 0 Å². The lowest BCUT2D eigenvalue weighted by atomic mass is 9.92. The van der Waals surface area contributed by atoms with Gasteiger partial charge in [0.05, 0.1) is 10.0 Å². The van der Waals surface area contributed by atoms with E-state index in [0.717, 1.165) is 0 Å². The predicted octanol–water partition coefficient (Wildman–Crippen LogP) is 5.12. The summed E-state index contributed by atoms with van der Waals surface area (Å²) < 4.78 is 39.2. The maximum Gasteiger partial charge on any atom is 0.248 e. The molecule has 1 fully saturated rings. The molecule has 0 atom stereocenters. The summed E-state index contributed by atoms with van der Waals surface area (Å²) >= 11 is 11.3. The molecule has 1 saturated carbocycles. The van der Waals surface area contributed by atoms with Crippen LogP contribution in [-0.4, -0.2) is 12.0 Å². The van der Waals surface area contributed by atoms with Crippen molar-refractivity contribution in [3.05, 3.63) is 28.0 Å². The van der Waals surface area contributed by atoms with Gasteiger partial charge in [0.1, 0.15) is 0 Å². The zero-order valence-corrected chi connectivity index (χ0v) is 11.0. The maximum absolute atomic E-state index is 13.2. The highest BCUT2D eigenvalue weighted by Gasteiger charge is 2.34. The van der Waals surface area contributed by atoms with E-state index in [-0.39, 0.29) is 28.9 Å². The normalized spacial score (nSPS) is 19.8. The summed E-state index contributed by atoms with van der Waals surface area (Å²) in [7, 11) is 0. The summed E-state index contributed by atoms with van der Waals surface area (Å²) in [6, 6.07) is 2.77. The Morgan fingerprint density at radius 3 is 2.11 bits per heavy atom. The van der Waals surface area contributed by atoms with Crippen LogP contribution in [0.2, 0.25) is 10.0 Å². The molecule has 1 aliphatic rings. The van der Waals surface area contributed by atoms with E-state index in [1.54, 1.807) is 0 Å². The molecule has 100 valence electrons. The first kappa shape index (κ1) is 13.8. The van der Waals surface area contributed by atoms with Crippen molar-refractivity contribution in [1.82, 2.24) is 0 Å². The monoisotopic (exact) mass is 297 g/mol. The third-order valence-electron chi connectivity index (χ3n) is 3.07. The number of nitrogens with one attached hydrogen (secondary N) is 1. The van der Waals surface area contributed by atoms with Gasteiger partial charge in [0.15, 0.2) is 5.82 Å². The van der Waals surface area contributed by atoms with Crippen molar-refractivity contribution in [1.29, 1.82) is 0 Å². The fourth-order valence-corrected chi connectivity index (χ4v) is 2.55. The first-order valence-corrected chi connectivity index (χ1v) is 6.42. The SMILES string of the molecule is Fc1c(Cl)cc(NC2CCC(F)(F)CC2)cc1Cl. The Labute approximate surface area is 113 Å². The number of halogens is 5. The van der Waals surface area contributed by atoms with Gasteiger partial charge in [-0.2, -0.15) is 0 Å². The van der Waals surface area contributed by atoms with Crippen molar-refractivity contribution in [3.8, 4) is 0 Å². The lowest BCUT2D eigenvalue weighted by molar-refractivity contribution is -0.0360. The number of hydrogen-bond acceptors (Lipinski definition) is 1. The Morgan fingerprint density at radius 2 is 1.61 bits per heavy atom. The van der Waals surface area contributed by atoms with E-state index in [0.29, 0.717) is 18.5 Å². The van der Waals surface area contributed by atoms with Gasteiger partial charge in [-0.1, -0.05) is 23.2 Å². The number of anilines is 1. The van der Waals surface area contributed by atoms with Gasteiger partial charge in [0, 0.05) is 24.6 Å². The molecule has 6 heteroatoms. The molecule has 0 aromatic heterocycles. The van der Waals surface area contributed by atoms with Gasteiger partial charge >= 0.3 is 0 Å². The molecule has 0 saturated heterocycles. The fourth-order valence-electron chi connectivity index (χ4n) is 2.06. The minimum atomic E-state index is -2.56. The highest BCUT2D eigenvalue weighted by atomic mass is 35.5. The number of benzene rings is 1. The van der Waals surface area contributed by atoms with Gasteiger partial charge in [0.25, 0.3) is 0 Å². The summed E-state index contributed by atoms with van der Waals surface area (Å²) in [6.07, 6.45) is 0.486. The largest absolute Gasteiger partial charge is 0.382 e. The highest BCUT2D eigenvalue weighted by Crippen LogP contribution is 2.35. The van der Waals surface area contributed by atoms with Gasteiger partial charge in [0.2, 0.25) is 5.92 Å². The average Bonchev–Trinajstić information content (AvgIpc) is 2.29. The zero-order chi connectivity index (χ0) is 13.3. The minimum absolute atomic E-state index is 0.0535. The average molecular weight is 298 g/mol. The molecule has 1 aliphatic carbocycles. The number of alkyl halides is 2. The van der Waals surface area contributed by atoms with Crippen LogP contribution in [-0.2, 0) is 0 Å². The second kappa shape index (κ2) is 5.17. The molecule has 1 aromatic rings. The molecule has 0 amide bonds. The second-order valence-electron chi connectivity index (χ2n) is 4.53. The number of hydrogen-bond donors (Lipinski definition) is 1. The summed E-state index contributed by atoms with van der Waals surface area (Å²) in [6.45, 7) is 0. The van der Waals surface area contributed by atoms with Crippen LogP contribution in [0.25, 0.3) is 0 Å². The van der Waals surface area contributed by atoms with Crippen LogP contribution >= 0.6 is 23.2 Å². The van der Waals surface area contributed by atoms with E-state index in [9.17, 15) is 13.2 Å². The summed E-state index contributed by atoms with van der Waals surface area (Å²) in [5.41, 5.74) is 0.557. The molecule has 0 aliphatic heterocycles. The van der Waals surface area contributed by atoms with Crippen molar-refractivity contribution >= 4 is 28.9 Å². The van der Waals surface area contributed by atoms with E-state index >= 15 is 0 Å². The van der Waals surface area contributed by atoms with Crippen LogP contribution in [0.4, 0.5) is 18.9 Å². The molecule has 2 rings (SSSR count). The Morgan fingerprint density at radius 1 is 1.11 bits per heavy atom. The van der Waals surface area contributed by atoms with Crippen LogP contribution in [0, 0.1) is 5.82 Å². The molecule has 1 aromatic carbocycles. The van der Waals surface area contributed by atoms with Crippen molar-refractivity contribution in [2.24, 2.45) is 0 Å². The smallest absolute Gasteiger partial charge is 0.248 e. The molecule has 0 spiro atoms. The van der Waals surface area contributed by atoms with Gasteiger partial charge in [-0.05, 0) is 25.0 Å². The van der Waals surface area contributed by atoms with Crippen molar-refractivity contribution < 1.29 is 13.2 Å². The van der Waals surface area contributed by atoms with Gasteiger partial charge in [-0.15, -0.1) is 0 Å². The van der Waals surface area contributed by atoms with Crippen molar-refractivity contribution in [3.63, 3.8) is 0 Å². The molecule has 1 nitrogen and oxygen atoms in total. The van der Waals surface area contributed by atoms with Crippen LogP contribution < -0.4 is 5.32 Å². The molecule has 1 N–H and O–H groups in total. The lowest BCUT2D eigenvalue weighted by Crippen LogP contribution is -2.32. The standard InChI is InChI=1S/C12H12Cl2F3N/c13-9-5-8(6-10(14)11(9)15)18-7-1-3-12(16,17)4-2-7/h5-7,18H,1-4H2. The number of rotatable bonds is 2. The molecule has 0 radical (unpaired) electrons. The zero-order valence-electron chi connectivity index (χ0n) is 9.45. The van der Waals surface area contributed by atoms with Crippen LogP contribution in [0.15, 0.2) is 12.1 Å². The molecular weight excluding hydrogens is 286 g/mol. The van der Waals surface area contributed by atoms with E-state index < -0.39 is 11.7 Å². The Hall–Kier alpha value is -0.610. The molecule has 0 unspecified atom stereocenters. The van der Waals surface area contributed by atoms with Crippen LogP contribution in [0.1, 0.15) is 25.7 Å². The molecule has 0 heterocycles. The minimum Gasteiger partial charge on any atom is -0.382 e. The summed E-state index contributed by atoms with van der Waals surface area (Å²) in [4.78, 5) is 0. The molecular formula is C12H12Cl2F3N. The van der Waals surface area contributed by atoms with E-state index in [1.165, 1.54) is 12.1 Å². The Kier molecular flexibility index (Phi) is 3.97. The van der Waals surface area contributed by atoms with Gasteiger partial charge < -0.3 is 5.32 Å². The first-order chi connectivity index (χ1) is 8.37. The quantitative estimate of drug-likeness (QED) is 0.747. The van der Waals surface area contributed by atoms with Crippen LogP contribution in [0.5, 0.6) is 0 Å². The van der Waals surface area contributed by atoms with Crippen molar-refractivity contribution in [2.75, 3.05) is 5.32 Å². The lowest BCUT2D eigenvalue weighted by Gasteiger charge is -2.29. The third-order valence-corrected chi connectivity index (χ3v) is 3.62. The third kappa shape index (κ3) is 3.23. The topological polar surface area (TPSA) is 12.0 Å². The summed E-state index contributed by atoms with van der Waals surface area (Å²) in [5.74, 6) is -3.23. The van der Waals surface area contributed by atoms with E-state index in [4.69, 9.17) is 23.2 Å². The molecule has 18 heavy (non-hydrogen) atoms. The summed E-state index contributed by atoms with van der Waals surface area (Å²) in [5, 5.41) is 2.90. The van der Waals surface area contributed by atoms with Crippen LogP contribution in [0.3, 0.4) is 0 Å². The highest BCUT2D eigenvalue weighted by molar-refractivity contribution is 6.35. The first-order valence-electron chi connectivity index (χ1n) is 5.66. The second-order valence-corrected chi connectivity index (χ2v) is 5.34. The fraction of sp³-hybridized carbons (Fsp3) is 0.500. The van der Waals surface area contributed by atoms with Gasteiger partial charge in [-0.25, -0.2) is 13.2 Å². The molecule has 0 bridgehead atoms. The Bertz CT molecular complexity index is 418. The maximum atomic E-state index is 13.2. The van der Waals surface area contributed by atoms with E-state index in [2.05, 4.69) is 5.32 Å². The predicted molar refractivity (Wildman–Crippen MR) is 67.2 cm³/mol.